The zero-order valence-electron chi connectivity index (χ0n) is 11.3. The van der Waals surface area contributed by atoms with Crippen LogP contribution in [0.3, 0.4) is 0 Å². The van der Waals surface area contributed by atoms with Gasteiger partial charge in [0, 0.05) is 30.2 Å². The number of hydrogen-bond donors (Lipinski definition) is 0. The highest BCUT2D eigenvalue weighted by atomic mass is 16.6. The lowest BCUT2D eigenvalue weighted by molar-refractivity contribution is -0.952. The van der Waals surface area contributed by atoms with Crippen molar-refractivity contribution in [2.75, 3.05) is 6.54 Å². The van der Waals surface area contributed by atoms with Crippen molar-refractivity contribution in [1.82, 2.24) is 0 Å². The quantitative estimate of drug-likeness (QED) is 0.559. The third kappa shape index (κ3) is 1.81. The van der Waals surface area contributed by atoms with Crippen LogP contribution in [-0.2, 0) is 0 Å². The fourth-order valence-electron chi connectivity index (χ4n) is 4.18. The van der Waals surface area contributed by atoms with Crippen LogP contribution in [0.15, 0.2) is 23.0 Å². The topological polar surface area (TPSA) is 36.2 Å². The van der Waals surface area contributed by atoms with Gasteiger partial charge < -0.3 is 14.3 Å². The van der Waals surface area contributed by atoms with Gasteiger partial charge in [0.25, 0.3) is 0 Å². The molecule has 0 spiro atoms. The number of nitrogens with zero attached hydrogens (tertiary/aromatic N) is 1. The Morgan fingerprint density at radius 1 is 1.22 bits per heavy atom. The molecule has 3 heterocycles. The maximum Gasteiger partial charge on any atom is 0.118 e. The minimum absolute atomic E-state index is 0.00185. The lowest BCUT2D eigenvalue weighted by Crippen LogP contribution is -2.62. The van der Waals surface area contributed by atoms with Crippen LogP contribution in [0.5, 0.6) is 0 Å². The Hall–Kier alpha value is -0.800. The molecule has 0 amide bonds. The second-order valence-corrected chi connectivity index (χ2v) is 6.41. The Labute approximate surface area is 109 Å². The molecule has 100 valence electrons. The van der Waals surface area contributed by atoms with Crippen LogP contribution in [-0.4, -0.2) is 17.2 Å². The summed E-state index contributed by atoms with van der Waals surface area (Å²) in [4.78, 5) is 0. The van der Waals surface area contributed by atoms with Crippen molar-refractivity contribution in [1.29, 1.82) is 0 Å². The van der Waals surface area contributed by atoms with Gasteiger partial charge in [-0.1, -0.05) is 13.8 Å². The molecule has 18 heavy (non-hydrogen) atoms. The van der Waals surface area contributed by atoms with Crippen molar-refractivity contribution in [3.63, 3.8) is 0 Å². The first-order valence-electron chi connectivity index (χ1n) is 7.22. The van der Waals surface area contributed by atoms with Crippen molar-refractivity contribution < 1.29 is 9.06 Å². The minimum atomic E-state index is 0.00185. The van der Waals surface area contributed by atoms with E-state index in [-0.39, 0.29) is 10.7 Å². The lowest BCUT2D eigenvalue weighted by Gasteiger charge is -2.61. The van der Waals surface area contributed by atoms with Gasteiger partial charge in [-0.25, -0.2) is 0 Å². The van der Waals surface area contributed by atoms with E-state index in [1.54, 1.807) is 12.5 Å². The molecule has 2 aliphatic rings. The van der Waals surface area contributed by atoms with Gasteiger partial charge >= 0.3 is 0 Å². The Kier molecular flexibility index (Phi) is 2.99. The number of piperidine rings is 2. The number of hydrogen-bond acceptors (Lipinski definition) is 2. The molecule has 3 rings (SSSR count). The molecular weight excluding hydrogens is 226 g/mol. The molecular formula is C15H23NO2. The van der Waals surface area contributed by atoms with Crippen LogP contribution in [0.1, 0.15) is 51.1 Å². The van der Waals surface area contributed by atoms with Gasteiger partial charge in [0.05, 0.1) is 25.1 Å². The number of hydroxylamine groups is 3. The number of rotatable bonds is 1. The maximum absolute atomic E-state index is 13.5. The van der Waals surface area contributed by atoms with E-state index >= 15 is 0 Å². The van der Waals surface area contributed by atoms with Crippen LogP contribution in [0.2, 0.25) is 0 Å². The summed E-state index contributed by atoms with van der Waals surface area (Å²) in [6.07, 6.45) is 7.97. The van der Waals surface area contributed by atoms with Gasteiger partial charge in [0.2, 0.25) is 0 Å². The Morgan fingerprint density at radius 3 is 2.78 bits per heavy atom. The van der Waals surface area contributed by atoms with Crippen LogP contribution in [0, 0.1) is 17.0 Å². The van der Waals surface area contributed by atoms with Crippen molar-refractivity contribution >= 4 is 0 Å². The van der Waals surface area contributed by atoms with Gasteiger partial charge in [-0.15, -0.1) is 0 Å². The van der Waals surface area contributed by atoms with Gasteiger partial charge in [-0.2, -0.15) is 0 Å². The molecule has 0 N–H and O–H groups in total. The average molecular weight is 249 g/mol. The fourth-order valence-corrected chi connectivity index (χ4v) is 4.18. The van der Waals surface area contributed by atoms with E-state index in [1.807, 2.05) is 6.07 Å². The summed E-state index contributed by atoms with van der Waals surface area (Å²) >= 11 is 0. The largest absolute Gasteiger partial charge is 0.632 e. The van der Waals surface area contributed by atoms with Crippen LogP contribution in [0.4, 0.5) is 0 Å². The normalized spacial score (nSPS) is 44.6. The molecule has 2 aliphatic heterocycles. The van der Waals surface area contributed by atoms with Crippen molar-refractivity contribution in [3.8, 4) is 0 Å². The molecule has 0 bridgehead atoms. The molecule has 1 aromatic rings. The first kappa shape index (κ1) is 12.2. The molecule has 5 atom stereocenters. The first-order chi connectivity index (χ1) is 8.61. The predicted molar refractivity (Wildman–Crippen MR) is 70.5 cm³/mol. The molecule has 2 fully saturated rings. The van der Waals surface area contributed by atoms with Crippen LogP contribution < -0.4 is 0 Å². The molecule has 3 nitrogen and oxygen atoms in total. The summed E-state index contributed by atoms with van der Waals surface area (Å²) in [5, 5.41) is 13.5. The van der Waals surface area contributed by atoms with Crippen LogP contribution in [0.25, 0.3) is 0 Å². The highest BCUT2D eigenvalue weighted by Gasteiger charge is 2.47. The molecule has 0 saturated carbocycles. The molecule has 1 aromatic heterocycles. The standard InChI is InChI=1S/C15H23NO2/c1-11-3-5-14-12(2)4-6-15(16(14,17)9-11)13-7-8-18-10-13/h7-8,10-12,14-15H,3-6,9H2,1-2H3/t11-,12+,14+,15-,16-/m1/s1. The molecule has 0 aromatic carbocycles. The van der Waals surface area contributed by atoms with E-state index in [4.69, 9.17) is 4.42 Å². The smallest absolute Gasteiger partial charge is 0.118 e. The van der Waals surface area contributed by atoms with E-state index in [2.05, 4.69) is 13.8 Å². The van der Waals surface area contributed by atoms with Crippen molar-refractivity contribution in [2.24, 2.45) is 11.8 Å². The van der Waals surface area contributed by atoms with Crippen LogP contribution >= 0.6 is 0 Å². The third-order valence-electron chi connectivity index (χ3n) is 5.12. The van der Waals surface area contributed by atoms with Gasteiger partial charge in [0.1, 0.15) is 6.04 Å². The monoisotopic (exact) mass is 249 g/mol. The summed E-state index contributed by atoms with van der Waals surface area (Å²) in [6.45, 7) is 5.27. The third-order valence-corrected chi connectivity index (χ3v) is 5.12. The first-order valence-corrected chi connectivity index (χ1v) is 7.22. The summed E-state index contributed by atoms with van der Waals surface area (Å²) in [5.41, 5.74) is 1.11. The highest BCUT2D eigenvalue weighted by Crippen LogP contribution is 2.48. The fraction of sp³-hybridized carbons (Fsp3) is 0.733. The summed E-state index contributed by atoms with van der Waals surface area (Å²) < 4.78 is 5.20. The molecule has 0 radical (unpaired) electrons. The second-order valence-electron chi connectivity index (χ2n) is 6.41. The second kappa shape index (κ2) is 4.39. The van der Waals surface area contributed by atoms with Gasteiger partial charge in [0.15, 0.2) is 0 Å². The van der Waals surface area contributed by atoms with Crippen molar-refractivity contribution in [3.05, 3.63) is 29.4 Å². The number of furan rings is 1. The SMILES string of the molecule is C[C@@H]1CC[C@H]2[C@@H](C)CC[C@H](c3ccoc3)[N@@+]2([O-])C1. The predicted octanol–water partition coefficient (Wildman–Crippen LogP) is 3.86. The molecule has 2 saturated heterocycles. The Balaban J connectivity index is 1.95. The van der Waals surface area contributed by atoms with E-state index < -0.39 is 0 Å². The summed E-state index contributed by atoms with van der Waals surface area (Å²) in [6, 6.07) is 2.39. The number of fused-ring (bicyclic) bond motifs is 1. The Morgan fingerprint density at radius 2 is 2.06 bits per heavy atom. The average Bonchev–Trinajstić information content (AvgIpc) is 2.81. The molecule has 3 heteroatoms. The zero-order valence-corrected chi connectivity index (χ0v) is 11.3. The Bertz CT molecular complexity index is 403. The van der Waals surface area contributed by atoms with Crippen molar-refractivity contribution in [2.45, 2.75) is 51.6 Å². The van der Waals surface area contributed by atoms with E-state index in [0.29, 0.717) is 17.9 Å². The highest BCUT2D eigenvalue weighted by molar-refractivity contribution is 5.11. The molecule has 0 unspecified atom stereocenters. The van der Waals surface area contributed by atoms with Gasteiger partial charge in [-0.05, 0) is 18.9 Å². The zero-order chi connectivity index (χ0) is 12.8. The van der Waals surface area contributed by atoms with E-state index in [0.717, 1.165) is 24.9 Å². The minimum Gasteiger partial charge on any atom is -0.632 e. The lowest BCUT2D eigenvalue weighted by atomic mass is 9.77. The maximum atomic E-state index is 13.5. The van der Waals surface area contributed by atoms with E-state index in [9.17, 15) is 5.21 Å². The molecule has 0 aliphatic carbocycles. The van der Waals surface area contributed by atoms with E-state index in [1.165, 1.54) is 12.8 Å². The van der Waals surface area contributed by atoms with Gasteiger partial charge in [-0.3, -0.25) is 0 Å². The summed E-state index contributed by atoms with van der Waals surface area (Å²) in [5.74, 6) is 1.12. The number of quaternary nitrogens is 1. The summed E-state index contributed by atoms with van der Waals surface area (Å²) in [7, 11) is 0.